The number of hydrogen-bond acceptors (Lipinski definition) is 2. The van der Waals surface area contributed by atoms with E-state index in [0.29, 0.717) is 0 Å². The van der Waals surface area contributed by atoms with Gasteiger partial charge in [-0.2, -0.15) is 0 Å². The monoisotopic (exact) mass is 220 g/mol. The molecule has 0 atom stereocenters. The van der Waals surface area contributed by atoms with Crippen LogP contribution >= 0.6 is 11.8 Å². The number of rotatable bonds is 2. The zero-order valence-electron chi connectivity index (χ0n) is 8.68. The molecule has 1 rings (SSSR count). The first-order valence-corrected chi connectivity index (χ1v) is 5.26. The second-order valence-electron chi connectivity index (χ2n) is 2.81. The molecule has 66 valence electrons. The third-order valence-corrected chi connectivity index (χ3v) is 2.62. The molecular formula is C10H13KOS. The van der Waals surface area contributed by atoms with Gasteiger partial charge < -0.3 is 5.11 Å². The molecule has 1 nitrogen and oxygen atoms in total. The Morgan fingerprint density at radius 2 is 2.00 bits per heavy atom. The van der Waals surface area contributed by atoms with Crippen LogP contribution in [0.15, 0.2) is 17.0 Å². The quantitative estimate of drug-likeness (QED) is 0.489. The molecule has 3 heteroatoms. The summed E-state index contributed by atoms with van der Waals surface area (Å²) in [6.45, 7) is 4.04. The third kappa shape index (κ3) is 3.57. The summed E-state index contributed by atoms with van der Waals surface area (Å²) in [4.78, 5) is 0.867. The van der Waals surface area contributed by atoms with Crippen molar-refractivity contribution in [2.24, 2.45) is 0 Å². The van der Waals surface area contributed by atoms with Gasteiger partial charge in [0.1, 0.15) is 0 Å². The van der Waals surface area contributed by atoms with Crippen molar-refractivity contribution in [2.45, 2.75) is 25.2 Å². The van der Waals surface area contributed by atoms with Crippen molar-refractivity contribution in [1.29, 1.82) is 0 Å². The topological polar surface area (TPSA) is 23.1 Å². The average Bonchev–Trinajstić information content (AvgIpc) is 2.08. The Hall–Kier alpha value is 1.01. The Labute approximate surface area is 127 Å². The van der Waals surface area contributed by atoms with E-state index in [2.05, 4.69) is 0 Å². The molecule has 0 radical (unpaired) electrons. The minimum absolute atomic E-state index is 0. The molecule has 0 heterocycles. The predicted molar refractivity (Wildman–Crippen MR) is 51.8 cm³/mol. The van der Waals surface area contributed by atoms with E-state index in [4.69, 9.17) is 0 Å². The molecule has 0 N–H and O–H groups in total. The van der Waals surface area contributed by atoms with Crippen LogP contribution in [-0.4, -0.2) is 6.26 Å². The van der Waals surface area contributed by atoms with Gasteiger partial charge in [0.05, 0.1) is 0 Å². The van der Waals surface area contributed by atoms with Crippen molar-refractivity contribution in [3.8, 4) is 5.75 Å². The summed E-state index contributed by atoms with van der Waals surface area (Å²) in [5.41, 5.74) is 2.11. The molecule has 0 fully saturated rings. The van der Waals surface area contributed by atoms with Gasteiger partial charge in [0, 0.05) is 0 Å². The van der Waals surface area contributed by atoms with E-state index in [1.165, 1.54) is 17.3 Å². The summed E-state index contributed by atoms with van der Waals surface area (Å²) >= 11 is 1.53. The van der Waals surface area contributed by atoms with Crippen LogP contribution in [-0.2, 0) is 6.42 Å². The number of hydrogen-bond donors (Lipinski definition) is 0. The molecule has 0 aliphatic carbocycles. The predicted octanol–water partition coefficient (Wildman–Crippen LogP) is -0.643. The summed E-state index contributed by atoms with van der Waals surface area (Å²) in [6, 6.07) is 3.92. The van der Waals surface area contributed by atoms with Gasteiger partial charge in [0.25, 0.3) is 0 Å². The van der Waals surface area contributed by atoms with E-state index in [1.807, 2.05) is 32.2 Å². The van der Waals surface area contributed by atoms with E-state index in [1.54, 1.807) is 0 Å². The van der Waals surface area contributed by atoms with Gasteiger partial charge in [-0.25, -0.2) is 0 Å². The fourth-order valence-corrected chi connectivity index (χ4v) is 1.85. The standard InChI is InChI=1S/C10H14OS.K/c1-4-8-5-7(2)6-9(12-3)10(8)11;/h5-6,11H,4H2,1-3H3;/q;+1/p-1. The maximum atomic E-state index is 11.6. The van der Waals surface area contributed by atoms with Gasteiger partial charge in [-0.15, -0.1) is 11.8 Å². The summed E-state index contributed by atoms with van der Waals surface area (Å²) in [7, 11) is 0. The molecule has 0 aliphatic heterocycles. The van der Waals surface area contributed by atoms with E-state index in [-0.39, 0.29) is 57.1 Å². The Balaban J connectivity index is 0.00000144. The average molecular weight is 220 g/mol. The van der Waals surface area contributed by atoms with Crippen LogP contribution in [0.25, 0.3) is 0 Å². The normalized spacial score (nSPS) is 9.46. The van der Waals surface area contributed by atoms with Crippen LogP contribution in [0.5, 0.6) is 5.75 Å². The minimum atomic E-state index is 0. The second kappa shape index (κ2) is 6.48. The van der Waals surface area contributed by atoms with Crippen LogP contribution in [0, 0.1) is 6.92 Å². The smallest absolute Gasteiger partial charge is 0.872 e. The molecule has 0 unspecified atom stereocenters. The van der Waals surface area contributed by atoms with Gasteiger partial charge in [0.2, 0.25) is 0 Å². The molecule has 1 aromatic carbocycles. The van der Waals surface area contributed by atoms with Gasteiger partial charge in [-0.05, 0) is 36.1 Å². The van der Waals surface area contributed by atoms with E-state index >= 15 is 0 Å². The Kier molecular flexibility index (Phi) is 6.98. The Morgan fingerprint density at radius 1 is 1.38 bits per heavy atom. The summed E-state index contributed by atoms with van der Waals surface area (Å²) in [5.74, 6) is 0.204. The van der Waals surface area contributed by atoms with Crippen LogP contribution in [0.1, 0.15) is 18.1 Å². The van der Waals surface area contributed by atoms with E-state index in [9.17, 15) is 5.11 Å². The first-order chi connectivity index (χ1) is 5.69. The Morgan fingerprint density at radius 3 is 2.46 bits per heavy atom. The van der Waals surface area contributed by atoms with Crippen molar-refractivity contribution in [3.63, 3.8) is 0 Å². The van der Waals surface area contributed by atoms with Crippen molar-refractivity contribution in [1.82, 2.24) is 0 Å². The second-order valence-corrected chi connectivity index (χ2v) is 3.66. The minimum Gasteiger partial charge on any atom is -0.872 e. The zero-order valence-corrected chi connectivity index (χ0v) is 12.6. The number of benzene rings is 1. The maximum Gasteiger partial charge on any atom is 1.00 e. The first-order valence-electron chi connectivity index (χ1n) is 4.03. The van der Waals surface area contributed by atoms with Crippen LogP contribution in [0.4, 0.5) is 0 Å². The summed E-state index contributed by atoms with van der Waals surface area (Å²) in [6.07, 6.45) is 2.77. The molecular weight excluding hydrogens is 207 g/mol. The van der Waals surface area contributed by atoms with Gasteiger partial charge in [-0.3, -0.25) is 0 Å². The molecule has 0 aromatic heterocycles. The fourth-order valence-electron chi connectivity index (χ4n) is 1.23. The summed E-state index contributed by atoms with van der Waals surface area (Å²) in [5, 5.41) is 11.6. The maximum absolute atomic E-state index is 11.6. The SMILES string of the molecule is CCc1cc(C)cc(SC)c1[O-].[K+]. The molecule has 0 saturated heterocycles. The molecule has 0 aliphatic rings. The van der Waals surface area contributed by atoms with Crippen molar-refractivity contribution in [2.75, 3.05) is 6.26 Å². The van der Waals surface area contributed by atoms with Crippen LogP contribution in [0.2, 0.25) is 0 Å². The molecule has 0 amide bonds. The summed E-state index contributed by atoms with van der Waals surface area (Å²) < 4.78 is 0. The van der Waals surface area contributed by atoms with Crippen molar-refractivity contribution >= 4 is 11.8 Å². The van der Waals surface area contributed by atoms with Gasteiger partial charge >= 0.3 is 51.4 Å². The van der Waals surface area contributed by atoms with E-state index in [0.717, 1.165) is 16.9 Å². The van der Waals surface area contributed by atoms with Crippen molar-refractivity contribution < 1.29 is 56.5 Å². The molecule has 0 bridgehead atoms. The number of thioether (sulfide) groups is 1. The van der Waals surface area contributed by atoms with E-state index < -0.39 is 0 Å². The molecule has 0 spiro atoms. The third-order valence-electron chi connectivity index (χ3n) is 1.88. The Bertz CT molecular complexity index is 261. The number of aryl methyl sites for hydroxylation is 2. The first kappa shape index (κ1) is 14.0. The van der Waals surface area contributed by atoms with Gasteiger partial charge in [0.15, 0.2) is 0 Å². The van der Waals surface area contributed by atoms with Crippen LogP contribution < -0.4 is 56.5 Å². The van der Waals surface area contributed by atoms with Crippen LogP contribution in [0.3, 0.4) is 0 Å². The molecule has 0 saturated carbocycles. The van der Waals surface area contributed by atoms with Crippen molar-refractivity contribution in [3.05, 3.63) is 23.3 Å². The van der Waals surface area contributed by atoms with Gasteiger partial charge in [-0.1, -0.05) is 24.3 Å². The molecule has 1 aromatic rings. The zero-order chi connectivity index (χ0) is 9.14. The molecule has 13 heavy (non-hydrogen) atoms. The fraction of sp³-hybridized carbons (Fsp3) is 0.400. The largest absolute Gasteiger partial charge is 1.00 e.